The number of carbonyl (C=O) groups is 1. The number of anilines is 1. The van der Waals surface area contributed by atoms with E-state index >= 15 is 0 Å². The van der Waals surface area contributed by atoms with Crippen molar-refractivity contribution in [3.8, 4) is 11.5 Å². The zero-order valence-corrected chi connectivity index (χ0v) is 19.6. The van der Waals surface area contributed by atoms with Gasteiger partial charge in [0, 0.05) is 5.69 Å². The van der Waals surface area contributed by atoms with E-state index in [1.165, 1.54) is 17.7 Å². The molecule has 0 bridgehead atoms. The standard InChI is InChI=1S/C28H30FNO3/c1-5-32-25-15-21-16-27(31)30(23-13-9-19(10-14-23)18(3)4)28(20-7-11-22(29)12-8-20)24(21)17-26(25)33-6-2/h7-15,17-18,28H,5-6,16H2,1-4H3. The van der Waals surface area contributed by atoms with Crippen LogP contribution in [0, 0.1) is 5.82 Å². The molecule has 0 N–H and O–H groups in total. The summed E-state index contributed by atoms with van der Waals surface area (Å²) in [6.45, 7) is 9.14. The second-order valence-electron chi connectivity index (χ2n) is 8.50. The molecule has 1 unspecified atom stereocenters. The average Bonchev–Trinajstić information content (AvgIpc) is 2.80. The van der Waals surface area contributed by atoms with Gasteiger partial charge in [-0.25, -0.2) is 4.39 Å². The highest BCUT2D eigenvalue weighted by Crippen LogP contribution is 2.43. The number of carbonyl (C=O) groups excluding carboxylic acids is 1. The van der Waals surface area contributed by atoms with Crippen molar-refractivity contribution in [3.63, 3.8) is 0 Å². The molecule has 0 saturated carbocycles. The lowest BCUT2D eigenvalue weighted by molar-refractivity contribution is -0.118. The molecule has 4 nitrogen and oxygen atoms in total. The minimum absolute atomic E-state index is 0.0132. The van der Waals surface area contributed by atoms with Crippen molar-refractivity contribution in [2.75, 3.05) is 18.1 Å². The number of hydrogen-bond donors (Lipinski definition) is 0. The van der Waals surface area contributed by atoms with Crippen LogP contribution in [-0.2, 0) is 11.2 Å². The smallest absolute Gasteiger partial charge is 0.232 e. The lowest BCUT2D eigenvalue weighted by atomic mass is 9.86. The molecule has 0 aromatic heterocycles. The molecule has 33 heavy (non-hydrogen) atoms. The van der Waals surface area contributed by atoms with E-state index in [1.807, 2.05) is 43.0 Å². The zero-order valence-electron chi connectivity index (χ0n) is 19.6. The molecule has 3 aromatic rings. The third-order valence-electron chi connectivity index (χ3n) is 5.99. The first-order valence-corrected chi connectivity index (χ1v) is 11.5. The fourth-order valence-corrected chi connectivity index (χ4v) is 4.38. The maximum atomic E-state index is 13.8. The van der Waals surface area contributed by atoms with Crippen molar-refractivity contribution in [1.29, 1.82) is 0 Å². The molecule has 0 aliphatic carbocycles. The Kier molecular flexibility index (Phi) is 6.68. The van der Waals surface area contributed by atoms with Gasteiger partial charge in [0.05, 0.1) is 25.7 Å². The van der Waals surface area contributed by atoms with E-state index < -0.39 is 6.04 Å². The molecule has 5 heteroatoms. The quantitative estimate of drug-likeness (QED) is 0.419. The first kappa shape index (κ1) is 22.8. The van der Waals surface area contributed by atoms with E-state index in [9.17, 15) is 9.18 Å². The van der Waals surface area contributed by atoms with E-state index in [2.05, 4.69) is 26.0 Å². The van der Waals surface area contributed by atoms with Crippen LogP contribution < -0.4 is 14.4 Å². The number of fused-ring (bicyclic) bond motifs is 1. The normalized spacial score (nSPS) is 15.5. The number of halogens is 1. The number of nitrogens with zero attached hydrogens (tertiary/aromatic N) is 1. The van der Waals surface area contributed by atoms with Crippen LogP contribution in [0.2, 0.25) is 0 Å². The van der Waals surface area contributed by atoms with Gasteiger partial charge in [-0.1, -0.05) is 38.1 Å². The molecule has 1 amide bonds. The fraction of sp³-hybridized carbons (Fsp3) is 0.321. The topological polar surface area (TPSA) is 38.8 Å². The van der Waals surface area contributed by atoms with Gasteiger partial charge in [0.15, 0.2) is 11.5 Å². The molecule has 0 radical (unpaired) electrons. The summed E-state index contributed by atoms with van der Waals surface area (Å²) in [6.07, 6.45) is 0.255. The minimum atomic E-state index is -0.401. The molecular weight excluding hydrogens is 417 g/mol. The van der Waals surface area contributed by atoms with E-state index in [1.54, 1.807) is 12.1 Å². The van der Waals surface area contributed by atoms with Crippen molar-refractivity contribution in [2.24, 2.45) is 0 Å². The highest BCUT2D eigenvalue weighted by Gasteiger charge is 2.36. The van der Waals surface area contributed by atoms with Gasteiger partial charge < -0.3 is 14.4 Å². The molecular formula is C28H30FNO3. The van der Waals surface area contributed by atoms with Crippen LogP contribution >= 0.6 is 0 Å². The van der Waals surface area contributed by atoms with Crippen LogP contribution in [-0.4, -0.2) is 19.1 Å². The highest BCUT2D eigenvalue weighted by atomic mass is 19.1. The molecule has 172 valence electrons. The van der Waals surface area contributed by atoms with Crippen molar-refractivity contribution in [3.05, 3.63) is 88.7 Å². The van der Waals surface area contributed by atoms with Gasteiger partial charge >= 0.3 is 0 Å². The van der Waals surface area contributed by atoms with Gasteiger partial charge in [-0.3, -0.25) is 4.79 Å². The summed E-state index contributed by atoms with van der Waals surface area (Å²) in [5, 5.41) is 0. The Morgan fingerprint density at radius 2 is 1.55 bits per heavy atom. The summed E-state index contributed by atoms with van der Waals surface area (Å²) in [4.78, 5) is 15.3. The first-order chi connectivity index (χ1) is 15.9. The molecule has 0 spiro atoms. The van der Waals surface area contributed by atoms with Gasteiger partial charge in [-0.05, 0) is 78.4 Å². The van der Waals surface area contributed by atoms with Gasteiger partial charge in [-0.2, -0.15) is 0 Å². The van der Waals surface area contributed by atoms with E-state index in [0.29, 0.717) is 30.6 Å². The van der Waals surface area contributed by atoms with Gasteiger partial charge in [-0.15, -0.1) is 0 Å². The maximum absolute atomic E-state index is 13.8. The van der Waals surface area contributed by atoms with Crippen molar-refractivity contribution in [1.82, 2.24) is 0 Å². The predicted molar refractivity (Wildman–Crippen MR) is 129 cm³/mol. The van der Waals surface area contributed by atoms with Gasteiger partial charge in [0.1, 0.15) is 5.82 Å². The first-order valence-electron chi connectivity index (χ1n) is 11.5. The molecule has 1 heterocycles. The van der Waals surface area contributed by atoms with Crippen LogP contribution in [0.3, 0.4) is 0 Å². The van der Waals surface area contributed by atoms with E-state index in [-0.39, 0.29) is 18.1 Å². The van der Waals surface area contributed by atoms with E-state index in [0.717, 1.165) is 22.4 Å². The van der Waals surface area contributed by atoms with Crippen LogP contribution in [0.5, 0.6) is 11.5 Å². The fourth-order valence-electron chi connectivity index (χ4n) is 4.38. The van der Waals surface area contributed by atoms with Crippen molar-refractivity contribution >= 4 is 11.6 Å². The predicted octanol–water partition coefficient (Wildman–Crippen LogP) is 6.43. The lowest BCUT2D eigenvalue weighted by Crippen LogP contribution is -2.41. The number of hydrogen-bond acceptors (Lipinski definition) is 3. The Labute approximate surface area is 195 Å². The molecule has 0 fully saturated rings. The highest BCUT2D eigenvalue weighted by molar-refractivity contribution is 5.98. The summed E-state index contributed by atoms with van der Waals surface area (Å²) in [5.41, 5.74) is 4.72. The van der Waals surface area contributed by atoms with E-state index in [4.69, 9.17) is 9.47 Å². The third-order valence-corrected chi connectivity index (χ3v) is 5.99. The summed E-state index contributed by atoms with van der Waals surface area (Å²) < 4.78 is 25.4. The molecule has 1 aliphatic heterocycles. The molecule has 1 atom stereocenters. The summed E-state index contributed by atoms with van der Waals surface area (Å²) in [6, 6.07) is 18.0. The molecule has 1 aliphatic rings. The van der Waals surface area contributed by atoms with Gasteiger partial charge in [0.25, 0.3) is 0 Å². The Morgan fingerprint density at radius 3 is 2.12 bits per heavy atom. The average molecular weight is 448 g/mol. The second-order valence-corrected chi connectivity index (χ2v) is 8.50. The largest absolute Gasteiger partial charge is 0.490 e. The molecule has 4 rings (SSSR count). The van der Waals surface area contributed by atoms with Crippen LogP contribution in [0.25, 0.3) is 0 Å². The Bertz CT molecular complexity index is 1120. The number of rotatable bonds is 7. The Balaban J connectivity index is 1.88. The lowest BCUT2D eigenvalue weighted by Gasteiger charge is -2.38. The number of benzene rings is 3. The number of amides is 1. The SMILES string of the molecule is CCOc1cc2c(cc1OCC)C(c1ccc(F)cc1)N(c1ccc(C(C)C)cc1)C(=O)C2. The molecule has 3 aromatic carbocycles. The summed E-state index contributed by atoms with van der Waals surface area (Å²) >= 11 is 0. The van der Waals surface area contributed by atoms with Crippen LogP contribution in [0.1, 0.15) is 61.9 Å². The van der Waals surface area contributed by atoms with Crippen molar-refractivity contribution < 1.29 is 18.7 Å². The summed E-state index contributed by atoms with van der Waals surface area (Å²) in [7, 11) is 0. The summed E-state index contributed by atoms with van der Waals surface area (Å²) in [5.74, 6) is 1.36. The third kappa shape index (κ3) is 4.58. The van der Waals surface area contributed by atoms with Crippen LogP contribution in [0.15, 0.2) is 60.7 Å². The monoisotopic (exact) mass is 447 g/mol. The Hall–Kier alpha value is -3.34. The second kappa shape index (κ2) is 9.65. The van der Waals surface area contributed by atoms with Crippen molar-refractivity contribution in [2.45, 2.75) is 46.1 Å². The maximum Gasteiger partial charge on any atom is 0.232 e. The zero-order chi connectivity index (χ0) is 23.5. The molecule has 0 saturated heterocycles. The number of ether oxygens (including phenoxy) is 2. The van der Waals surface area contributed by atoms with Gasteiger partial charge in [0.2, 0.25) is 5.91 Å². The van der Waals surface area contributed by atoms with Crippen LogP contribution in [0.4, 0.5) is 10.1 Å². The Morgan fingerprint density at radius 1 is 0.939 bits per heavy atom. The minimum Gasteiger partial charge on any atom is -0.490 e.